The molecule has 0 atom stereocenters. The van der Waals surface area contributed by atoms with Crippen LogP contribution in [0.3, 0.4) is 0 Å². The highest BCUT2D eigenvalue weighted by molar-refractivity contribution is 6.62. The third kappa shape index (κ3) is 3.40. The van der Waals surface area contributed by atoms with E-state index in [0.29, 0.717) is 31.9 Å². The number of aromatic hydroxyl groups is 1. The van der Waals surface area contributed by atoms with E-state index in [9.17, 15) is 5.11 Å². The molecule has 0 aromatic heterocycles. The molecule has 5 nitrogen and oxygen atoms in total. The van der Waals surface area contributed by atoms with Crippen LogP contribution in [0.15, 0.2) is 18.2 Å². The molecule has 114 valence electrons. The summed E-state index contributed by atoms with van der Waals surface area (Å²) in [5.74, 6) is 0.166. The average molecular weight is 292 g/mol. The number of phenols is 1. The molecule has 1 N–H and O–H groups in total. The Bertz CT molecular complexity index is 489. The van der Waals surface area contributed by atoms with Gasteiger partial charge in [-0.15, -0.1) is 0 Å². The predicted octanol–water partition coefficient (Wildman–Crippen LogP) is 1.60. The van der Waals surface area contributed by atoms with Crippen molar-refractivity contribution in [3.05, 3.63) is 23.8 Å². The SMILES string of the molecule is CC1(C)COB(c2cc(C3OCCCO3)ccc2O)OC1. The van der Waals surface area contributed by atoms with Crippen molar-refractivity contribution in [2.45, 2.75) is 26.6 Å². The summed E-state index contributed by atoms with van der Waals surface area (Å²) in [6.45, 7) is 6.74. The Labute approximate surface area is 125 Å². The molecular weight excluding hydrogens is 271 g/mol. The second-order valence-corrected chi connectivity index (χ2v) is 6.36. The summed E-state index contributed by atoms with van der Waals surface area (Å²) < 4.78 is 22.7. The summed E-state index contributed by atoms with van der Waals surface area (Å²) in [5.41, 5.74) is 1.50. The summed E-state index contributed by atoms with van der Waals surface area (Å²) >= 11 is 0. The maximum absolute atomic E-state index is 10.1. The van der Waals surface area contributed by atoms with Crippen LogP contribution in [0.25, 0.3) is 0 Å². The van der Waals surface area contributed by atoms with Crippen molar-refractivity contribution in [2.75, 3.05) is 26.4 Å². The van der Waals surface area contributed by atoms with Crippen molar-refractivity contribution in [3.63, 3.8) is 0 Å². The highest BCUT2D eigenvalue weighted by Crippen LogP contribution is 2.26. The van der Waals surface area contributed by atoms with Gasteiger partial charge < -0.3 is 23.9 Å². The minimum Gasteiger partial charge on any atom is -0.508 e. The first-order chi connectivity index (χ1) is 10.1. The van der Waals surface area contributed by atoms with Gasteiger partial charge in [-0.05, 0) is 12.5 Å². The summed E-state index contributed by atoms with van der Waals surface area (Å²) in [6, 6.07) is 5.29. The van der Waals surface area contributed by atoms with E-state index in [4.69, 9.17) is 18.8 Å². The lowest BCUT2D eigenvalue weighted by atomic mass is 9.74. The second kappa shape index (κ2) is 5.97. The number of phenolic OH excluding ortho intramolecular Hbond substituents is 1. The fraction of sp³-hybridized carbons (Fsp3) is 0.600. The first-order valence-electron chi connectivity index (χ1n) is 7.34. The molecule has 0 spiro atoms. The Hall–Kier alpha value is -1.08. The van der Waals surface area contributed by atoms with Gasteiger partial charge in [-0.1, -0.05) is 26.0 Å². The maximum Gasteiger partial charge on any atom is 0.497 e. The molecule has 3 rings (SSSR count). The first-order valence-corrected chi connectivity index (χ1v) is 7.34. The highest BCUT2D eigenvalue weighted by Gasteiger charge is 2.35. The van der Waals surface area contributed by atoms with Crippen LogP contribution in [0.1, 0.15) is 32.1 Å². The summed E-state index contributed by atoms with van der Waals surface area (Å²) in [5, 5.41) is 10.1. The molecular formula is C15H21BO5. The lowest BCUT2D eigenvalue weighted by Crippen LogP contribution is -2.47. The van der Waals surface area contributed by atoms with Crippen LogP contribution in [-0.2, 0) is 18.8 Å². The lowest BCUT2D eigenvalue weighted by molar-refractivity contribution is -0.183. The molecule has 2 fully saturated rings. The minimum atomic E-state index is -0.540. The van der Waals surface area contributed by atoms with Gasteiger partial charge in [-0.2, -0.15) is 0 Å². The van der Waals surface area contributed by atoms with Gasteiger partial charge in [0.25, 0.3) is 0 Å². The second-order valence-electron chi connectivity index (χ2n) is 6.36. The molecule has 0 saturated carbocycles. The summed E-state index contributed by atoms with van der Waals surface area (Å²) in [6.07, 6.45) is 0.531. The molecule has 1 aromatic carbocycles. The minimum absolute atomic E-state index is 0.000673. The molecule has 0 bridgehead atoms. The number of hydrogen-bond acceptors (Lipinski definition) is 5. The van der Waals surface area contributed by atoms with Gasteiger partial charge in [-0.25, -0.2) is 0 Å². The zero-order valence-electron chi connectivity index (χ0n) is 12.5. The largest absolute Gasteiger partial charge is 0.508 e. The number of hydrogen-bond donors (Lipinski definition) is 1. The molecule has 2 aliphatic rings. The summed E-state index contributed by atoms with van der Waals surface area (Å²) in [4.78, 5) is 0. The van der Waals surface area contributed by atoms with Crippen LogP contribution in [0.5, 0.6) is 5.75 Å². The van der Waals surface area contributed by atoms with E-state index in [0.717, 1.165) is 12.0 Å². The van der Waals surface area contributed by atoms with Crippen LogP contribution in [-0.4, -0.2) is 38.7 Å². The lowest BCUT2D eigenvalue weighted by Gasteiger charge is -2.33. The molecule has 2 heterocycles. The van der Waals surface area contributed by atoms with Gasteiger partial charge in [0.05, 0.1) is 13.2 Å². The molecule has 0 unspecified atom stereocenters. The Morgan fingerprint density at radius 2 is 1.81 bits per heavy atom. The predicted molar refractivity (Wildman–Crippen MR) is 78.4 cm³/mol. The molecule has 21 heavy (non-hydrogen) atoms. The van der Waals surface area contributed by atoms with E-state index in [1.165, 1.54) is 0 Å². The number of ether oxygens (including phenoxy) is 2. The normalized spacial score (nSPS) is 23.2. The first kappa shape index (κ1) is 14.8. The molecule has 2 aliphatic heterocycles. The molecule has 2 saturated heterocycles. The topological polar surface area (TPSA) is 57.2 Å². The van der Waals surface area contributed by atoms with Gasteiger partial charge in [0.1, 0.15) is 5.75 Å². The van der Waals surface area contributed by atoms with Crippen molar-refractivity contribution in [3.8, 4) is 5.75 Å². The molecule has 0 radical (unpaired) electrons. The van der Waals surface area contributed by atoms with Crippen LogP contribution in [0, 0.1) is 5.41 Å². The molecule has 1 aromatic rings. The molecule has 0 amide bonds. The average Bonchev–Trinajstić information content (AvgIpc) is 2.49. The van der Waals surface area contributed by atoms with Gasteiger partial charge in [0.2, 0.25) is 0 Å². The van der Waals surface area contributed by atoms with Crippen molar-refractivity contribution in [2.24, 2.45) is 5.41 Å². The van der Waals surface area contributed by atoms with E-state index in [2.05, 4.69) is 13.8 Å². The van der Waals surface area contributed by atoms with Crippen molar-refractivity contribution >= 4 is 12.6 Å². The Balaban J connectivity index is 1.78. The van der Waals surface area contributed by atoms with E-state index in [1.54, 1.807) is 6.07 Å². The fourth-order valence-electron chi connectivity index (χ4n) is 2.46. The van der Waals surface area contributed by atoms with E-state index in [-0.39, 0.29) is 17.5 Å². The molecule has 6 heteroatoms. The van der Waals surface area contributed by atoms with Crippen molar-refractivity contribution < 1.29 is 23.9 Å². The highest BCUT2D eigenvalue weighted by atomic mass is 16.7. The summed E-state index contributed by atoms with van der Waals surface area (Å²) in [7, 11) is -0.540. The van der Waals surface area contributed by atoms with Gasteiger partial charge in [0.15, 0.2) is 6.29 Å². The Morgan fingerprint density at radius 1 is 1.14 bits per heavy atom. The molecule has 0 aliphatic carbocycles. The van der Waals surface area contributed by atoms with E-state index < -0.39 is 7.12 Å². The third-order valence-electron chi connectivity index (χ3n) is 3.66. The zero-order chi connectivity index (χ0) is 14.9. The Morgan fingerprint density at radius 3 is 2.48 bits per heavy atom. The Kier molecular flexibility index (Phi) is 4.22. The number of rotatable bonds is 2. The monoisotopic (exact) mass is 292 g/mol. The standard InChI is InChI=1S/C15H21BO5/c1-15(2)9-20-16(21-10-15)12-8-11(4-5-13(12)17)14-18-6-3-7-19-14/h4-5,8,14,17H,3,6-7,9-10H2,1-2H3. The van der Waals surface area contributed by atoms with Gasteiger partial charge >= 0.3 is 7.12 Å². The van der Waals surface area contributed by atoms with Crippen molar-refractivity contribution in [1.82, 2.24) is 0 Å². The zero-order valence-corrected chi connectivity index (χ0v) is 12.5. The fourth-order valence-corrected chi connectivity index (χ4v) is 2.46. The van der Waals surface area contributed by atoms with Crippen LogP contribution in [0.4, 0.5) is 0 Å². The third-order valence-corrected chi connectivity index (χ3v) is 3.66. The quantitative estimate of drug-likeness (QED) is 0.839. The van der Waals surface area contributed by atoms with E-state index >= 15 is 0 Å². The number of benzene rings is 1. The van der Waals surface area contributed by atoms with Gasteiger partial charge in [0, 0.05) is 29.7 Å². The van der Waals surface area contributed by atoms with Crippen LogP contribution in [0.2, 0.25) is 0 Å². The van der Waals surface area contributed by atoms with Crippen LogP contribution < -0.4 is 5.46 Å². The maximum atomic E-state index is 10.1. The smallest absolute Gasteiger partial charge is 0.497 e. The van der Waals surface area contributed by atoms with E-state index in [1.807, 2.05) is 12.1 Å². The van der Waals surface area contributed by atoms with Gasteiger partial charge in [-0.3, -0.25) is 0 Å². The van der Waals surface area contributed by atoms with Crippen LogP contribution >= 0.6 is 0 Å². The van der Waals surface area contributed by atoms with Crippen molar-refractivity contribution in [1.29, 1.82) is 0 Å².